The third kappa shape index (κ3) is 5.26. The zero-order valence-electron chi connectivity index (χ0n) is 21.7. The number of anilines is 3. The topological polar surface area (TPSA) is 96.5 Å². The molecule has 9 heteroatoms. The number of benzene rings is 4. The fraction of sp³-hybridized carbons (Fsp3) is 0.129. The van der Waals surface area contributed by atoms with Gasteiger partial charge >= 0.3 is 0 Å². The summed E-state index contributed by atoms with van der Waals surface area (Å²) in [5.74, 6) is -2.25. The number of ether oxygens (including phenoxy) is 1. The minimum atomic E-state index is -0.925. The van der Waals surface area contributed by atoms with Gasteiger partial charge in [-0.15, -0.1) is 0 Å². The fourth-order valence-corrected chi connectivity index (χ4v) is 4.64. The molecule has 0 radical (unpaired) electrons. The summed E-state index contributed by atoms with van der Waals surface area (Å²) in [6.07, 6.45) is 1.13. The first kappa shape index (κ1) is 26.6. The van der Waals surface area contributed by atoms with Crippen LogP contribution in [0.2, 0.25) is 0 Å². The molecule has 3 N–H and O–H groups in total. The highest BCUT2D eigenvalue weighted by molar-refractivity contribution is 6.12. The third-order valence-corrected chi connectivity index (χ3v) is 6.79. The van der Waals surface area contributed by atoms with Crippen molar-refractivity contribution in [1.82, 2.24) is 5.32 Å². The van der Waals surface area contributed by atoms with Crippen LogP contribution in [0.25, 0.3) is 0 Å². The van der Waals surface area contributed by atoms with Gasteiger partial charge < -0.3 is 20.7 Å². The number of rotatable bonds is 6. The maximum atomic E-state index is 14.7. The van der Waals surface area contributed by atoms with Gasteiger partial charge in [-0.1, -0.05) is 6.07 Å². The van der Waals surface area contributed by atoms with E-state index >= 15 is 0 Å². The summed E-state index contributed by atoms with van der Waals surface area (Å²) in [6.45, 7) is 0. The van der Waals surface area contributed by atoms with Crippen LogP contribution in [0.15, 0.2) is 72.8 Å². The first-order valence-electron chi connectivity index (χ1n) is 12.5. The van der Waals surface area contributed by atoms with Gasteiger partial charge in [-0.05, 0) is 84.6 Å². The van der Waals surface area contributed by atoms with Crippen LogP contribution >= 0.6 is 0 Å². The Hall–Kier alpha value is -5.05. The van der Waals surface area contributed by atoms with Crippen molar-refractivity contribution in [3.05, 3.63) is 118 Å². The number of methoxy groups -OCH3 is 1. The lowest BCUT2D eigenvalue weighted by molar-refractivity contribution is 0.0962. The van der Waals surface area contributed by atoms with E-state index in [4.69, 9.17) is 4.74 Å². The molecule has 0 aliphatic heterocycles. The molecular formula is C31H25F2N3O4. The largest absolute Gasteiger partial charge is 0.497 e. The molecule has 1 aliphatic rings. The monoisotopic (exact) mass is 541 g/mol. The second-order valence-corrected chi connectivity index (χ2v) is 9.27. The van der Waals surface area contributed by atoms with Crippen LogP contribution in [-0.4, -0.2) is 31.8 Å². The first-order chi connectivity index (χ1) is 19.3. The molecule has 1 aliphatic carbocycles. The summed E-state index contributed by atoms with van der Waals surface area (Å²) >= 11 is 0. The maximum Gasteiger partial charge on any atom is 0.255 e. The molecule has 0 heterocycles. The second-order valence-electron chi connectivity index (χ2n) is 9.27. The Kier molecular flexibility index (Phi) is 7.29. The Bertz CT molecular complexity index is 1650. The maximum absolute atomic E-state index is 14.7. The Morgan fingerprint density at radius 1 is 0.750 bits per heavy atom. The standard InChI is InChI=1S/C31H25F2N3O4/c1-34-30(38)20-6-4-17-3-5-19-13-21(9-12-23(19)29(37)24(17)14-20)35-27-16-28(26(33)15-25(27)32)36-31(39)18-7-10-22(40-2)11-8-18/h4,6-16,35H,3,5H2,1-2H3,(H,34,38)(H,36,39). The molecule has 4 aromatic rings. The van der Waals surface area contributed by atoms with Crippen LogP contribution in [0, 0.1) is 11.6 Å². The number of fused-ring (bicyclic) bond motifs is 2. The van der Waals surface area contributed by atoms with Crippen molar-refractivity contribution in [3.63, 3.8) is 0 Å². The van der Waals surface area contributed by atoms with Crippen molar-refractivity contribution in [1.29, 1.82) is 0 Å². The summed E-state index contributed by atoms with van der Waals surface area (Å²) in [6, 6.07) is 18.2. The molecule has 0 bridgehead atoms. The number of nitrogens with one attached hydrogen (secondary N) is 3. The van der Waals surface area contributed by atoms with Gasteiger partial charge in [-0.3, -0.25) is 14.4 Å². The van der Waals surface area contributed by atoms with E-state index in [0.717, 1.165) is 11.1 Å². The van der Waals surface area contributed by atoms with Gasteiger partial charge in [0, 0.05) is 41.1 Å². The third-order valence-electron chi connectivity index (χ3n) is 6.79. The Morgan fingerprint density at radius 2 is 1.45 bits per heavy atom. The van der Waals surface area contributed by atoms with Crippen molar-refractivity contribution >= 4 is 34.7 Å². The van der Waals surface area contributed by atoms with Gasteiger partial charge in [0.15, 0.2) is 5.78 Å². The van der Waals surface area contributed by atoms with E-state index in [1.165, 1.54) is 32.4 Å². The van der Waals surface area contributed by atoms with Crippen molar-refractivity contribution in [3.8, 4) is 5.75 Å². The van der Waals surface area contributed by atoms with E-state index in [9.17, 15) is 23.2 Å². The number of halogens is 2. The van der Waals surface area contributed by atoms with Crippen LogP contribution in [0.5, 0.6) is 5.75 Å². The van der Waals surface area contributed by atoms with Crippen molar-refractivity contribution in [2.24, 2.45) is 0 Å². The zero-order valence-corrected chi connectivity index (χ0v) is 21.7. The molecule has 0 spiro atoms. The van der Waals surface area contributed by atoms with Crippen molar-refractivity contribution in [2.75, 3.05) is 24.8 Å². The summed E-state index contributed by atoms with van der Waals surface area (Å²) in [5.41, 5.74) is 3.47. The summed E-state index contributed by atoms with van der Waals surface area (Å²) < 4.78 is 34.3. The van der Waals surface area contributed by atoms with Crippen LogP contribution in [-0.2, 0) is 12.8 Å². The lowest BCUT2D eigenvalue weighted by Crippen LogP contribution is -2.18. The Labute approximate surface area is 229 Å². The molecule has 40 heavy (non-hydrogen) atoms. The van der Waals surface area contributed by atoms with Crippen molar-refractivity contribution in [2.45, 2.75) is 12.8 Å². The smallest absolute Gasteiger partial charge is 0.255 e. The molecule has 0 unspecified atom stereocenters. The van der Waals surface area contributed by atoms with Crippen molar-refractivity contribution < 1.29 is 27.9 Å². The van der Waals surface area contributed by atoms with Gasteiger partial charge in [-0.2, -0.15) is 0 Å². The lowest BCUT2D eigenvalue weighted by atomic mass is 9.96. The molecule has 0 saturated carbocycles. The summed E-state index contributed by atoms with van der Waals surface area (Å²) in [5, 5.41) is 7.97. The fourth-order valence-electron chi connectivity index (χ4n) is 4.64. The summed E-state index contributed by atoms with van der Waals surface area (Å²) in [4.78, 5) is 38.0. The van der Waals surface area contributed by atoms with E-state index < -0.39 is 17.5 Å². The van der Waals surface area contributed by atoms with Crippen LogP contribution < -0.4 is 20.7 Å². The molecule has 5 rings (SSSR count). The molecule has 202 valence electrons. The predicted octanol–water partition coefficient (Wildman–Crippen LogP) is 5.66. The van der Waals surface area contributed by atoms with Crippen LogP contribution in [0.4, 0.5) is 25.8 Å². The van der Waals surface area contributed by atoms with Crippen LogP contribution in [0.3, 0.4) is 0 Å². The van der Waals surface area contributed by atoms with Gasteiger partial charge in [0.1, 0.15) is 17.4 Å². The molecule has 0 aromatic heterocycles. The quantitative estimate of drug-likeness (QED) is 0.293. The van der Waals surface area contributed by atoms with E-state index in [0.29, 0.717) is 47.0 Å². The minimum Gasteiger partial charge on any atom is -0.497 e. The van der Waals surface area contributed by atoms with Gasteiger partial charge in [-0.25, -0.2) is 8.78 Å². The summed E-state index contributed by atoms with van der Waals surface area (Å²) in [7, 11) is 3.03. The highest BCUT2D eigenvalue weighted by atomic mass is 19.1. The highest BCUT2D eigenvalue weighted by Gasteiger charge is 2.23. The molecule has 2 amide bonds. The van der Waals surface area contributed by atoms with E-state index in [2.05, 4.69) is 16.0 Å². The minimum absolute atomic E-state index is 0.0511. The Morgan fingerprint density at radius 3 is 2.17 bits per heavy atom. The van der Waals surface area contributed by atoms with E-state index in [1.807, 2.05) is 0 Å². The molecular weight excluding hydrogens is 516 g/mol. The first-order valence-corrected chi connectivity index (χ1v) is 12.5. The number of hydrogen-bond donors (Lipinski definition) is 3. The average molecular weight is 542 g/mol. The number of aryl methyl sites for hydroxylation is 2. The average Bonchev–Trinajstić information content (AvgIpc) is 3.10. The highest BCUT2D eigenvalue weighted by Crippen LogP contribution is 2.31. The lowest BCUT2D eigenvalue weighted by Gasteiger charge is -2.14. The number of hydrogen-bond acceptors (Lipinski definition) is 5. The van der Waals surface area contributed by atoms with E-state index in [-0.39, 0.29) is 28.6 Å². The predicted molar refractivity (Wildman–Crippen MR) is 148 cm³/mol. The molecule has 0 saturated heterocycles. The van der Waals surface area contributed by atoms with Crippen LogP contribution in [0.1, 0.15) is 47.8 Å². The second kappa shape index (κ2) is 11.0. The normalized spacial score (nSPS) is 12.1. The SMILES string of the molecule is CNC(=O)c1ccc2c(c1)C(=O)c1ccc(Nc3cc(NC(=O)c4ccc(OC)cc4)c(F)cc3F)cc1CC2. The number of carbonyl (C=O) groups excluding carboxylic acids is 3. The number of carbonyl (C=O) groups is 3. The zero-order chi connectivity index (χ0) is 28.4. The van der Waals surface area contributed by atoms with E-state index in [1.54, 1.807) is 48.5 Å². The Balaban J connectivity index is 1.38. The van der Waals surface area contributed by atoms with Gasteiger partial charge in [0.2, 0.25) is 0 Å². The number of ketones is 1. The molecule has 0 fully saturated rings. The molecule has 7 nitrogen and oxygen atoms in total. The molecule has 0 atom stereocenters. The van der Waals surface area contributed by atoms with Gasteiger partial charge in [0.25, 0.3) is 11.8 Å². The number of amides is 2. The molecule has 4 aromatic carbocycles. The van der Waals surface area contributed by atoms with Gasteiger partial charge in [0.05, 0.1) is 18.5 Å².